The average Bonchev–Trinajstić information content (AvgIpc) is 3.32. The standard InChI is InChI=1S/C17H21NO5.C3H6O2/c1-18-8-9-23-15-13(17(20)22-3)12(16(19)21-2)10-6-4-5-7-11(10)14(15)18;1-2-5-3-4-1/h4-9H2,1-3H3;1-3H2. The van der Waals surface area contributed by atoms with Gasteiger partial charge in [-0.15, -0.1) is 0 Å². The van der Waals surface area contributed by atoms with Crippen LogP contribution < -0.4 is 9.64 Å². The molecule has 1 aromatic rings. The van der Waals surface area contributed by atoms with Crippen LogP contribution in [0.25, 0.3) is 0 Å². The van der Waals surface area contributed by atoms with Gasteiger partial charge in [0.2, 0.25) is 0 Å². The summed E-state index contributed by atoms with van der Waals surface area (Å²) >= 11 is 0. The molecule has 1 fully saturated rings. The van der Waals surface area contributed by atoms with Gasteiger partial charge < -0.3 is 28.6 Å². The number of ether oxygens (including phenoxy) is 5. The molecule has 1 aliphatic carbocycles. The summed E-state index contributed by atoms with van der Waals surface area (Å²) in [6.45, 7) is 3.27. The highest BCUT2D eigenvalue weighted by Gasteiger charge is 2.36. The smallest absolute Gasteiger partial charge is 0.342 e. The maximum Gasteiger partial charge on any atom is 0.342 e. The van der Waals surface area contributed by atoms with Crippen molar-refractivity contribution in [2.45, 2.75) is 25.7 Å². The largest absolute Gasteiger partial charge is 0.489 e. The third kappa shape index (κ3) is 3.93. The molecular weight excluding hydrogens is 366 g/mol. The van der Waals surface area contributed by atoms with Crippen molar-refractivity contribution in [1.29, 1.82) is 0 Å². The Morgan fingerprint density at radius 3 is 2.07 bits per heavy atom. The molecule has 3 aliphatic rings. The number of carbonyl (C=O) groups is 2. The van der Waals surface area contributed by atoms with E-state index in [2.05, 4.69) is 4.90 Å². The number of rotatable bonds is 2. The van der Waals surface area contributed by atoms with E-state index in [4.69, 9.17) is 23.7 Å². The molecule has 28 heavy (non-hydrogen) atoms. The van der Waals surface area contributed by atoms with E-state index in [1.54, 1.807) is 0 Å². The molecule has 0 spiro atoms. The molecule has 4 rings (SSSR count). The van der Waals surface area contributed by atoms with E-state index in [1.807, 2.05) is 7.05 Å². The van der Waals surface area contributed by atoms with Crippen LogP contribution in [0.1, 0.15) is 44.7 Å². The van der Waals surface area contributed by atoms with Crippen molar-refractivity contribution in [2.24, 2.45) is 0 Å². The Kier molecular flexibility index (Phi) is 6.74. The van der Waals surface area contributed by atoms with Crippen LogP contribution in [0.4, 0.5) is 5.69 Å². The van der Waals surface area contributed by atoms with Crippen LogP contribution in [-0.2, 0) is 31.8 Å². The minimum absolute atomic E-state index is 0.196. The molecule has 0 saturated carbocycles. The fourth-order valence-electron chi connectivity index (χ4n) is 3.82. The molecule has 0 atom stereocenters. The normalized spacial score (nSPS) is 17.5. The average molecular weight is 393 g/mol. The van der Waals surface area contributed by atoms with Gasteiger partial charge in [-0.05, 0) is 36.8 Å². The van der Waals surface area contributed by atoms with Gasteiger partial charge in [0.1, 0.15) is 19.0 Å². The Bertz CT molecular complexity index is 735. The number of hydrogen-bond acceptors (Lipinski definition) is 8. The van der Waals surface area contributed by atoms with Crippen LogP contribution in [0, 0.1) is 0 Å². The van der Waals surface area contributed by atoms with Crippen molar-refractivity contribution < 1.29 is 33.3 Å². The summed E-state index contributed by atoms with van der Waals surface area (Å²) in [6, 6.07) is 0. The van der Waals surface area contributed by atoms with Crippen LogP contribution in [0.5, 0.6) is 5.75 Å². The lowest BCUT2D eigenvalue weighted by Gasteiger charge is -2.35. The monoisotopic (exact) mass is 393 g/mol. The number of benzene rings is 1. The number of hydrogen-bond donors (Lipinski definition) is 0. The first-order valence-electron chi connectivity index (χ1n) is 9.47. The number of likely N-dealkylation sites (N-methyl/N-ethyl adjacent to an activating group) is 1. The van der Waals surface area contributed by atoms with Crippen LogP contribution in [0.15, 0.2) is 0 Å². The number of esters is 2. The van der Waals surface area contributed by atoms with E-state index in [1.165, 1.54) is 14.2 Å². The Morgan fingerprint density at radius 1 is 0.893 bits per heavy atom. The first-order chi connectivity index (χ1) is 13.6. The molecule has 2 heterocycles. The zero-order chi connectivity index (χ0) is 20.1. The summed E-state index contributed by atoms with van der Waals surface area (Å²) in [6.07, 6.45) is 3.67. The van der Waals surface area contributed by atoms with E-state index in [9.17, 15) is 9.59 Å². The maximum absolute atomic E-state index is 12.4. The van der Waals surface area contributed by atoms with Gasteiger partial charge in [-0.2, -0.15) is 0 Å². The molecule has 8 heteroatoms. The van der Waals surface area contributed by atoms with Crippen molar-refractivity contribution in [3.8, 4) is 5.75 Å². The SMILES string of the molecule is C1COCO1.COC(=O)c1c2c(c3c(c1C(=O)OC)OCCN3C)CCCC2. The zero-order valence-corrected chi connectivity index (χ0v) is 16.7. The van der Waals surface area contributed by atoms with Crippen molar-refractivity contribution >= 4 is 17.6 Å². The van der Waals surface area contributed by atoms with Crippen LogP contribution >= 0.6 is 0 Å². The lowest BCUT2D eigenvalue weighted by atomic mass is 9.83. The van der Waals surface area contributed by atoms with Crippen molar-refractivity contribution in [3.05, 3.63) is 22.3 Å². The topological polar surface area (TPSA) is 83.5 Å². The fourth-order valence-corrected chi connectivity index (χ4v) is 3.82. The number of methoxy groups -OCH3 is 2. The molecule has 0 amide bonds. The van der Waals surface area contributed by atoms with Crippen molar-refractivity contribution in [1.82, 2.24) is 0 Å². The molecule has 0 aromatic heterocycles. The van der Waals surface area contributed by atoms with E-state index >= 15 is 0 Å². The van der Waals surface area contributed by atoms with Gasteiger partial charge in [0.25, 0.3) is 0 Å². The molecule has 0 radical (unpaired) electrons. The highest BCUT2D eigenvalue weighted by Crippen LogP contribution is 2.45. The van der Waals surface area contributed by atoms with Gasteiger partial charge in [-0.1, -0.05) is 0 Å². The lowest BCUT2D eigenvalue weighted by molar-refractivity contribution is 0.0549. The van der Waals surface area contributed by atoms with Gasteiger partial charge in [-0.25, -0.2) is 9.59 Å². The highest BCUT2D eigenvalue weighted by atomic mass is 16.7. The quantitative estimate of drug-likeness (QED) is 0.705. The summed E-state index contributed by atoms with van der Waals surface area (Å²) in [7, 11) is 4.61. The van der Waals surface area contributed by atoms with Crippen LogP contribution in [-0.4, -0.2) is 66.4 Å². The molecule has 1 aromatic carbocycles. The number of fused-ring (bicyclic) bond motifs is 3. The van der Waals surface area contributed by atoms with Gasteiger partial charge in [-0.3, -0.25) is 0 Å². The molecule has 0 unspecified atom stereocenters. The molecule has 0 bridgehead atoms. The van der Waals surface area contributed by atoms with Gasteiger partial charge in [0.15, 0.2) is 5.75 Å². The third-order valence-corrected chi connectivity index (χ3v) is 5.12. The van der Waals surface area contributed by atoms with Crippen molar-refractivity contribution in [3.63, 3.8) is 0 Å². The first-order valence-corrected chi connectivity index (χ1v) is 9.47. The summed E-state index contributed by atoms with van der Waals surface area (Å²) in [5, 5.41) is 0. The predicted molar refractivity (Wildman–Crippen MR) is 101 cm³/mol. The van der Waals surface area contributed by atoms with Gasteiger partial charge in [0.05, 0.1) is 45.2 Å². The molecule has 1 saturated heterocycles. The molecule has 0 N–H and O–H groups in total. The second-order valence-corrected chi connectivity index (χ2v) is 6.78. The summed E-state index contributed by atoms with van der Waals surface area (Å²) in [5.74, 6) is -0.625. The minimum Gasteiger partial charge on any atom is -0.489 e. The third-order valence-electron chi connectivity index (χ3n) is 5.12. The zero-order valence-electron chi connectivity index (χ0n) is 16.7. The van der Waals surface area contributed by atoms with Crippen molar-refractivity contribution in [2.75, 3.05) is 59.3 Å². The Morgan fingerprint density at radius 2 is 1.50 bits per heavy atom. The predicted octanol–water partition coefficient (Wildman–Crippen LogP) is 1.96. The Hall–Kier alpha value is -2.32. The maximum atomic E-state index is 12.4. The fraction of sp³-hybridized carbons (Fsp3) is 0.600. The van der Waals surface area contributed by atoms with E-state index in [-0.39, 0.29) is 5.56 Å². The van der Waals surface area contributed by atoms with Gasteiger partial charge >= 0.3 is 11.9 Å². The van der Waals surface area contributed by atoms with E-state index in [0.29, 0.717) is 24.7 Å². The Balaban J connectivity index is 0.000000391. The minimum atomic E-state index is -0.565. The summed E-state index contributed by atoms with van der Waals surface area (Å²) in [5.41, 5.74) is 3.42. The number of anilines is 1. The Labute approximate surface area is 164 Å². The van der Waals surface area contributed by atoms with E-state index in [0.717, 1.165) is 62.3 Å². The first kappa shape index (κ1) is 20.4. The van der Waals surface area contributed by atoms with E-state index < -0.39 is 11.9 Å². The van der Waals surface area contributed by atoms with Gasteiger partial charge in [0, 0.05) is 7.05 Å². The molecule has 8 nitrogen and oxygen atoms in total. The second-order valence-electron chi connectivity index (χ2n) is 6.78. The number of carbonyl (C=O) groups excluding carboxylic acids is 2. The molecule has 2 aliphatic heterocycles. The lowest BCUT2D eigenvalue weighted by Crippen LogP contribution is -2.33. The second kappa shape index (κ2) is 9.25. The highest BCUT2D eigenvalue weighted by molar-refractivity contribution is 6.08. The number of nitrogens with zero attached hydrogens (tertiary/aromatic N) is 1. The van der Waals surface area contributed by atoms with Crippen LogP contribution in [0.2, 0.25) is 0 Å². The van der Waals surface area contributed by atoms with Crippen LogP contribution in [0.3, 0.4) is 0 Å². The molecule has 154 valence electrons. The summed E-state index contributed by atoms with van der Waals surface area (Å²) in [4.78, 5) is 26.9. The molecular formula is C20H27NO7. The summed E-state index contributed by atoms with van der Waals surface area (Å²) < 4.78 is 25.1.